The third-order valence-electron chi connectivity index (χ3n) is 10.6. The summed E-state index contributed by atoms with van der Waals surface area (Å²) in [6.45, 7) is 6.36. The van der Waals surface area contributed by atoms with Gasteiger partial charge in [0.05, 0.1) is 6.10 Å². The van der Waals surface area contributed by atoms with Gasteiger partial charge < -0.3 is 5.11 Å². The van der Waals surface area contributed by atoms with Gasteiger partial charge >= 0.3 is 0 Å². The fraction of sp³-hybridized carbons (Fsp3) is 0.229. The number of ketones is 1. The number of benzene rings is 5. The molecule has 5 aromatic carbocycles. The van der Waals surface area contributed by atoms with E-state index in [0.29, 0.717) is 5.92 Å². The van der Waals surface area contributed by atoms with Crippen LogP contribution in [-0.2, 0) is 12.8 Å². The van der Waals surface area contributed by atoms with Crippen molar-refractivity contribution in [3.63, 3.8) is 0 Å². The molecule has 1 N–H and O–H groups in total. The largest absolute Gasteiger partial charge is 0.388 e. The second-order valence-electron chi connectivity index (χ2n) is 14.2. The summed E-state index contributed by atoms with van der Waals surface area (Å²) in [5.74, 6) is 0.804. The van der Waals surface area contributed by atoms with E-state index >= 15 is 0 Å². The monoisotopic (exact) mass is 654 g/mol. The SMILES string of the molecule is CC1=Cc2cccc(-c3ccccc3)c2C1.CC1CC2=C(C(c3ccccc3)=CCC2)C1O.CC1Cc2c(cccc2-c2ccccc2)C1=O. The van der Waals surface area contributed by atoms with Crippen LogP contribution in [0.25, 0.3) is 33.9 Å². The van der Waals surface area contributed by atoms with E-state index in [1.165, 1.54) is 66.8 Å². The Kier molecular flexibility index (Phi) is 9.92. The van der Waals surface area contributed by atoms with Crippen LogP contribution in [0.15, 0.2) is 150 Å². The molecule has 0 heterocycles. The highest BCUT2D eigenvalue weighted by Crippen LogP contribution is 2.44. The molecule has 4 aliphatic carbocycles. The number of fused-ring (bicyclic) bond motifs is 2. The maximum Gasteiger partial charge on any atom is 0.166 e. The summed E-state index contributed by atoms with van der Waals surface area (Å²) in [5.41, 5.74) is 16.8. The van der Waals surface area contributed by atoms with Crippen molar-refractivity contribution in [3.05, 3.63) is 178 Å². The first-order valence-electron chi connectivity index (χ1n) is 18.1. The molecule has 250 valence electrons. The summed E-state index contributed by atoms with van der Waals surface area (Å²) in [6.07, 6.45) is 9.60. The molecule has 0 bridgehead atoms. The first-order valence-corrected chi connectivity index (χ1v) is 18.1. The van der Waals surface area contributed by atoms with Crippen LogP contribution in [0, 0.1) is 11.8 Å². The summed E-state index contributed by atoms with van der Waals surface area (Å²) in [5, 5.41) is 10.3. The van der Waals surface area contributed by atoms with Crippen LogP contribution in [0.2, 0.25) is 0 Å². The summed E-state index contributed by atoms with van der Waals surface area (Å²) < 4.78 is 0. The second kappa shape index (κ2) is 14.8. The Bertz CT molecular complexity index is 2080. The minimum absolute atomic E-state index is 0.134. The van der Waals surface area contributed by atoms with Crippen LogP contribution in [0.1, 0.15) is 72.6 Å². The minimum Gasteiger partial charge on any atom is -0.388 e. The number of hydrogen-bond donors (Lipinski definition) is 1. The van der Waals surface area contributed by atoms with E-state index in [2.05, 4.69) is 117 Å². The molecular weight excluding hydrogens is 609 g/mol. The van der Waals surface area contributed by atoms with Gasteiger partial charge in [-0.3, -0.25) is 4.79 Å². The first-order chi connectivity index (χ1) is 24.4. The molecule has 0 aliphatic heterocycles. The molecule has 0 fully saturated rings. The summed E-state index contributed by atoms with van der Waals surface area (Å²) in [6, 6.07) is 44.0. The zero-order valence-corrected chi connectivity index (χ0v) is 29.4. The summed E-state index contributed by atoms with van der Waals surface area (Å²) >= 11 is 0. The summed E-state index contributed by atoms with van der Waals surface area (Å²) in [7, 11) is 0. The number of hydrogen-bond acceptors (Lipinski definition) is 2. The van der Waals surface area contributed by atoms with Gasteiger partial charge in [0.15, 0.2) is 5.78 Å². The Morgan fingerprint density at radius 2 is 1.18 bits per heavy atom. The van der Waals surface area contributed by atoms with Gasteiger partial charge in [0.2, 0.25) is 0 Å². The van der Waals surface area contributed by atoms with Gasteiger partial charge in [-0.15, -0.1) is 0 Å². The van der Waals surface area contributed by atoms with Crippen molar-refractivity contribution in [3.8, 4) is 22.3 Å². The van der Waals surface area contributed by atoms with Gasteiger partial charge in [-0.25, -0.2) is 0 Å². The zero-order chi connectivity index (χ0) is 34.6. The zero-order valence-electron chi connectivity index (χ0n) is 29.4. The number of allylic oxidation sites excluding steroid dienone is 3. The van der Waals surface area contributed by atoms with Crippen molar-refractivity contribution < 1.29 is 9.90 Å². The molecule has 0 aromatic heterocycles. The predicted octanol–water partition coefficient (Wildman–Crippen LogP) is 11.6. The molecule has 2 nitrogen and oxygen atoms in total. The molecule has 0 spiro atoms. The maximum absolute atomic E-state index is 12.0. The van der Waals surface area contributed by atoms with E-state index in [1.807, 2.05) is 43.3 Å². The van der Waals surface area contributed by atoms with Crippen LogP contribution in [-0.4, -0.2) is 17.0 Å². The first kappa shape index (κ1) is 33.4. The predicted molar refractivity (Wildman–Crippen MR) is 209 cm³/mol. The van der Waals surface area contributed by atoms with Crippen LogP contribution < -0.4 is 0 Å². The van der Waals surface area contributed by atoms with Crippen LogP contribution in [0.3, 0.4) is 0 Å². The van der Waals surface area contributed by atoms with Gasteiger partial charge in [-0.05, 0) is 101 Å². The molecule has 4 aliphatic rings. The quantitative estimate of drug-likeness (QED) is 0.210. The Morgan fingerprint density at radius 1 is 0.620 bits per heavy atom. The average Bonchev–Trinajstić information content (AvgIpc) is 3.80. The van der Waals surface area contributed by atoms with E-state index in [4.69, 9.17) is 0 Å². The second-order valence-corrected chi connectivity index (χ2v) is 14.2. The van der Waals surface area contributed by atoms with Gasteiger partial charge in [-0.1, -0.05) is 165 Å². The third-order valence-corrected chi connectivity index (χ3v) is 10.6. The van der Waals surface area contributed by atoms with Gasteiger partial charge in [0.25, 0.3) is 0 Å². The number of rotatable bonds is 3. The molecule has 3 atom stereocenters. The summed E-state index contributed by atoms with van der Waals surface area (Å²) in [4.78, 5) is 12.0. The molecule has 5 aromatic rings. The van der Waals surface area contributed by atoms with E-state index in [1.54, 1.807) is 0 Å². The molecule has 0 saturated carbocycles. The number of carbonyl (C=O) groups is 1. The van der Waals surface area contributed by atoms with Crippen LogP contribution >= 0.6 is 0 Å². The molecule has 0 radical (unpaired) electrons. The lowest BCUT2D eigenvalue weighted by Gasteiger charge is -2.20. The third kappa shape index (κ3) is 6.86. The average molecular weight is 655 g/mol. The highest BCUT2D eigenvalue weighted by Gasteiger charge is 2.33. The van der Waals surface area contributed by atoms with E-state index in [-0.39, 0.29) is 17.8 Å². The lowest BCUT2D eigenvalue weighted by molar-refractivity contribution is 0.0946. The van der Waals surface area contributed by atoms with Gasteiger partial charge in [0, 0.05) is 11.5 Å². The number of aliphatic hydroxyl groups is 1. The number of Topliss-reactive ketones (excluding diaryl/α,β-unsaturated/α-hetero) is 1. The Balaban J connectivity index is 0.000000118. The van der Waals surface area contributed by atoms with Crippen molar-refractivity contribution in [1.82, 2.24) is 0 Å². The molecule has 2 heteroatoms. The minimum atomic E-state index is -0.267. The van der Waals surface area contributed by atoms with Crippen LogP contribution in [0.5, 0.6) is 0 Å². The number of carbonyl (C=O) groups excluding carboxylic acids is 1. The van der Waals surface area contributed by atoms with E-state index in [0.717, 1.165) is 37.7 Å². The molecule has 0 saturated heterocycles. The fourth-order valence-electron chi connectivity index (χ4n) is 8.09. The molecule has 50 heavy (non-hydrogen) atoms. The number of aliphatic hydroxyl groups excluding tert-OH is 1. The molecule has 9 rings (SSSR count). The van der Waals surface area contributed by atoms with Crippen molar-refractivity contribution in [2.45, 2.75) is 59.0 Å². The van der Waals surface area contributed by atoms with Gasteiger partial charge in [-0.2, -0.15) is 0 Å². The van der Waals surface area contributed by atoms with Crippen LogP contribution in [0.4, 0.5) is 0 Å². The van der Waals surface area contributed by atoms with E-state index < -0.39 is 0 Å². The molecular formula is C48H46O2. The fourth-order valence-corrected chi connectivity index (χ4v) is 8.09. The van der Waals surface area contributed by atoms with Crippen molar-refractivity contribution in [1.29, 1.82) is 0 Å². The van der Waals surface area contributed by atoms with E-state index in [9.17, 15) is 9.90 Å². The maximum atomic E-state index is 12.0. The Hall–Kier alpha value is -5.05. The van der Waals surface area contributed by atoms with Gasteiger partial charge in [0.1, 0.15) is 0 Å². The Labute approximate surface area is 297 Å². The normalized spacial score (nSPS) is 20.0. The van der Waals surface area contributed by atoms with Crippen molar-refractivity contribution >= 4 is 17.4 Å². The standard InChI is InChI=1S/C16H14O.C16H18O.C16H14/c1-11-10-15-13(12-6-3-2-4-7-12)8-5-9-14(15)16(11)17;1-11-10-13-8-5-9-14(15(13)16(11)17)12-6-3-2-4-7-12;1-12-10-14-8-5-9-15(16(14)11-12)13-6-3-2-4-7-13/h2-9,11H,10H2,1H3;2-4,6-7,9,11,16-17H,5,8,10H2,1H3;2-10H,11H2,1H3. The molecule has 3 unspecified atom stereocenters. The highest BCUT2D eigenvalue weighted by molar-refractivity contribution is 6.04. The smallest absolute Gasteiger partial charge is 0.166 e. The lowest BCUT2D eigenvalue weighted by atomic mass is 9.87. The Morgan fingerprint density at radius 3 is 1.82 bits per heavy atom. The highest BCUT2D eigenvalue weighted by atomic mass is 16.3. The van der Waals surface area contributed by atoms with Crippen molar-refractivity contribution in [2.75, 3.05) is 0 Å². The van der Waals surface area contributed by atoms with Crippen molar-refractivity contribution in [2.24, 2.45) is 11.8 Å². The molecule has 0 amide bonds. The lowest BCUT2D eigenvalue weighted by Crippen LogP contribution is -2.15. The topological polar surface area (TPSA) is 37.3 Å².